The smallest absolute Gasteiger partial charge is 0.339 e. The van der Waals surface area contributed by atoms with E-state index in [2.05, 4.69) is 9.97 Å². The van der Waals surface area contributed by atoms with Gasteiger partial charge < -0.3 is 5.11 Å². The summed E-state index contributed by atoms with van der Waals surface area (Å²) >= 11 is 0. The topological polar surface area (TPSA) is 97.2 Å². The molecule has 0 aliphatic heterocycles. The lowest BCUT2D eigenvalue weighted by atomic mass is 10.2. The quantitative estimate of drug-likeness (QED) is 0.835. The van der Waals surface area contributed by atoms with Crippen LogP contribution < -0.4 is 0 Å². The minimum Gasteiger partial charge on any atom is -0.478 e. The maximum atomic E-state index is 11.3. The van der Waals surface area contributed by atoms with Crippen LogP contribution in [0.1, 0.15) is 34.0 Å². The van der Waals surface area contributed by atoms with E-state index in [1.54, 1.807) is 0 Å². The maximum absolute atomic E-state index is 11.3. The van der Waals surface area contributed by atoms with E-state index in [4.69, 9.17) is 5.11 Å². The highest BCUT2D eigenvalue weighted by molar-refractivity contribution is 7.90. The van der Waals surface area contributed by atoms with Crippen molar-refractivity contribution in [3.63, 3.8) is 0 Å². The molecule has 0 aliphatic carbocycles. The fraction of sp³-hybridized carbons (Fsp3) is 0.444. The van der Waals surface area contributed by atoms with E-state index in [1.807, 2.05) is 0 Å². The average molecular weight is 244 g/mol. The normalized spacial score (nSPS) is 13.4. The standard InChI is InChI=1S/C9H12N2O4S/c1-5-7(9(12)13)4-10-8(11-5)6(2)16(3,14)15/h4,6H,1-3H3,(H,12,13). The Morgan fingerprint density at radius 3 is 2.44 bits per heavy atom. The van der Waals surface area contributed by atoms with Gasteiger partial charge in [-0.3, -0.25) is 0 Å². The van der Waals surface area contributed by atoms with E-state index in [0.29, 0.717) is 0 Å². The molecule has 0 radical (unpaired) electrons. The summed E-state index contributed by atoms with van der Waals surface area (Å²) in [7, 11) is -3.28. The SMILES string of the molecule is Cc1nc(C(C)S(C)(=O)=O)ncc1C(=O)O. The summed E-state index contributed by atoms with van der Waals surface area (Å²) in [6.45, 7) is 2.97. The van der Waals surface area contributed by atoms with Crippen LogP contribution in [0.25, 0.3) is 0 Å². The zero-order chi connectivity index (χ0) is 12.5. The van der Waals surface area contributed by atoms with E-state index < -0.39 is 21.1 Å². The van der Waals surface area contributed by atoms with Crippen molar-refractivity contribution in [2.24, 2.45) is 0 Å². The lowest BCUT2D eigenvalue weighted by molar-refractivity contribution is 0.0695. The van der Waals surface area contributed by atoms with Gasteiger partial charge in [-0.25, -0.2) is 23.2 Å². The molecule has 0 saturated heterocycles. The molecule has 0 saturated carbocycles. The predicted octanol–water partition coefficient (Wildman–Crippen LogP) is 0.589. The predicted molar refractivity (Wildman–Crippen MR) is 57.0 cm³/mol. The monoisotopic (exact) mass is 244 g/mol. The minimum absolute atomic E-state index is 0.0237. The van der Waals surface area contributed by atoms with Crippen molar-refractivity contribution in [1.82, 2.24) is 9.97 Å². The number of nitrogens with zero attached hydrogens (tertiary/aromatic N) is 2. The summed E-state index contributed by atoms with van der Waals surface area (Å²) < 4.78 is 22.5. The molecule has 1 heterocycles. The van der Waals surface area contributed by atoms with Crippen molar-refractivity contribution < 1.29 is 18.3 Å². The molecule has 0 bridgehead atoms. The van der Waals surface area contributed by atoms with Gasteiger partial charge in [0.05, 0.1) is 11.3 Å². The first-order valence-electron chi connectivity index (χ1n) is 4.49. The van der Waals surface area contributed by atoms with Crippen LogP contribution in [-0.2, 0) is 9.84 Å². The Labute approximate surface area is 93.3 Å². The molecule has 16 heavy (non-hydrogen) atoms. The second-order valence-electron chi connectivity index (χ2n) is 3.50. The highest BCUT2D eigenvalue weighted by Gasteiger charge is 2.21. The van der Waals surface area contributed by atoms with Crippen LogP contribution in [-0.4, -0.2) is 35.7 Å². The lowest BCUT2D eigenvalue weighted by Gasteiger charge is -2.09. The Hall–Kier alpha value is -1.50. The molecule has 1 aromatic heterocycles. The molecule has 0 spiro atoms. The first kappa shape index (κ1) is 12.6. The molecule has 88 valence electrons. The van der Waals surface area contributed by atoms with E-state index in [-0.39, 0.29) is 17.1 Å². The molecule has 7 heteroatoms. The van der Waals surface area contributed by atoms with Crippen molar-refractivity contribution >= 4 is 15.8 Å². The van der Waals surface area contributed by atoms with E-state index >= 15 is 0 Å². The fourth-order valence-electron chi connectivity index (χ4n) is 1.08. The summed E-state index contributed by atoms with van der Waals surface area (Å²) in [4.78, 5) is 18.3. The van der Waals surface area contributed by atoms with Crippen molar-refractivity contribution in [3.8, 4) is 0 Å². The van der Waals surface area contributed by atoms with Gasteiger partial charge in [-0.15, -0.1) is 0 Å². The number of carboxylic acids is 1. The molecule has 0 aliphatic rings. The number of rotatable bonds is 3. The number of carbonyl (C=O) groups is 1. The highest BCUT2D eigenvalue weighted by Crippen LogP contribution is 2.17. The van der Waals surface area contributed by atoms with Gasteiger partial charge in [-0.05, 0) is 13.8 Å². The molecule has 1 atom stereocenters. The third kappa shape index (κ3) is 2.54. The number of hydrogen-bond donors (Lipinski definition) is 1. The summed E-state index contributed by atoms with van der Waals surface area (Å²) in [5.41, 5.74) is 0.234. The summed E-state index contributed by atoms with van der Waals surface area (Å²) in [6.07, 6.45) is 2.21. The number of aryl methyl sites for hydroxylation is 1. The first-order valence-corrected chi connectivity index (χ1v) is 6.44. The Kier molecular flexibility index (Phi) is 3.27. The molecule has 0 fully saturated rings. The van der Waals surface area contributed by atoms with E-state index in [1.165, 1.54) is 13.8 Å². The lowest BCUT2D eigenvalue weighted by Crippen LogP contribution is -2.14. The minimum atomic E-state index is -3.28. The van der Waals surface area contributed by atoms with Crippen LogP contribution in [0, 0.1) is 6.92 Å². The van der Waals surface area contributed by atoms with Crippen molar-refractivity contribution in [2.75, 3.05) is 6.26 Å². The number of sulfone groups is 1. The van der Waals surface area contributed by atoms with Gasteiger partial charge in [0.25, 0.3) is 0 Å². The van der Waals surface area contributed by atoms with E-state index in [0.717, 1.165) is 12.5 Å². The van der Waals surface area contributed by atoms with Crippen molar-refractivity contribution in [2.45, 2.75) is 19.1 Å². The summed E-state index contributed by atoms with van der Waals surface area (Å²) in [5.74, 6) is -1.01. The third-order valence-corrected chi connectivity index (χ3v) is 3.73. The molecule has 1 unspecified atom stereocenters. The zero-order valence-electron chi connectivity index (χ0n) is 9.13. The van der Waals surface area contributed by atoms with Crippen LogP contribution in [0.3, 0.4) is 0 Å². The molecular formula is C9H12N2O4S. The fourth-order valence-corrected chi connectivity index (χ4v) is 1.58. The van der Waals surface area contributed by atoms with Gasteiger partial charge in [0.2, 0.25) is 0 Å². The van der Waals surface area contributed by atoms with Crippen molar-refractivity contribution in [1.29, 1.82) is 0 Å². The number of carboxylic acid groups (broad SMARTS) is 1. The Balaban J connectivity index is 3.21. The number of aromatic nitrogens is 2. The Morgan fingerprint density at radius 1 is 1.50 bits per heavy atom. The van der Waals surface area contributed by atoms with Crippen molar-refractivity contribution in [3.05, 3.63) is 23.3 Å². The summed E-state index contributed by atoms with van der Waals surface area (Å²) in [6, 6.07) is 0. The molecule has 0 amide bonds. The Bertz CT molecular complexity index is 524. The molecule has 1 aromatic rings. The Morgan fingerprint density at radius 2 is 2.06 bits per heavy atom. The average Bonchev–Trinajstić information content (AvgIpc) is 2.14. The maximum Gasteiger partial charge on any atom is 0.339 e. The molecule has 1 N–H and O–H groups in total. The molecule has 6 nitrogen and oxygen atoms in total. The van der Waals surface area contributed by atoms with Crippen LogP contribution in [0.5, 0.6) is 0 Å². The largest absolute Gasteiger partial charge is 0.478 e. The van der Waals surface area contributed by atoms with Gasteiger partial charge >= 0.3 is 5.97 Å². The van der Waals surface area contributed by atoms with Crippen LogP contribution in [0.15, 0.2) is 6.20 Å². The third-order valence-electron chi connectivity index (χ3n) is 2.23. The van der Waals surface area contributed by atoms with Gasteiger partial charge in [0.15, 0.2) is 9.84 Å². The second kappa shape index (κ2) is 4.17. The van der Waals surface area contributed by atoms with Gasteiger partial charge in [0.1, 0.15) is 11.1 Å². The molecular weight excluding hydrogens is 232 g/mol. The molecule has 1 rings (SSSR count). The number of aromatic carboxylic acids is 1. The number of hydrogen-bond acceptors (Lipinski definition) is 5. The van der Waals surface area contributed by atoms with Crippen LogP contribution in [0.2, 0.25) is 0 Å². The van der Waals surface area contributed by atoms with Gasteiger partial charge in [0, 0.05) is 12.5 Å². The van der Waals surface area contributed by atoms with E-state index in [9.17, 15) is 13.2 Å². The van der Waals surface area contributed by atoms with Gasteiger partial charge in [-0.1, -0.05) is 0 Å². The highest BCUT2D eigenvalue weighted by atomic mass is 32.2. The van der Waals surface area contributed by atoms with Crippen LogP contribution >= 0.6 is 0 Å². The van der Waals surface area contributed by atoms with Gasteiger partial charge in [-0.2, -0.15) is 0 Å². The first-order chi connectivity index (χ1) is 7.23. The second-order valence-corrected chi connectivity index (χ2v) is 5.87. The zero-order valence-corrected chi connectivity index (χ0v) is 9.95. The molecule has 0 aromatic carbocycles. The summed E-state index contributed by atoms with van der Waals surface area (Å²) in [5, 5.41) is 7.92. The van der Waals surface area contributed by atoms with Crippen LogP contribution in [0.4, 0.5) is 0 Å².